The number of amides is 1. The van der Waals surface area contributed by atoms with Gasteiger partial charge in [-0.05, 0) is 57.8 Å². The molecule has 3 rings (SSSR count). The standard InChI is InChI=1S/C20H30N2O2/c1-16-6-4-5-7-17(16)8-9-19(23)22-12-11-20(15-22)14-18(21(2)3)10-13-24-20/h4-7,18H,8-15H2,1-3H3/t18-,20+/m0/s1. The van der Waals surface area contributed by atoms with Gasteiger partial charge in [0.25, 0.3) is 0 Å². The SMILES string of the molecule is Cc1ccccc1CCC(=O)N1CC[C@@]2(C[C@@H](N(C)C)CCO2)C1. The Kier molecular flexibility index (Phi) is 5.26. The van der Waals surface area contributed by atoms with E-state index in [-0.39, 0.29) is 11.5 Å². The largest absolute Gasteiger partial charge is 0.373 e. The van der Waals surface area contributed by atoms with Gasteiger partial charge < -0.3 is 14.5 Å². The zero-order chi connectivity index (χ0) is 17.2. The first-order chi connectivity index (χ1) is 11.5. The minimum Gasteiger partial charge on any atom is -0.373 e. The van der Waals surface area contributed by atoms with E-state index in [2.05, 4.69) is 44.1 Å². The number of carbonyl (C=O) groups excluding carboxylic acids is 1. The topological polar surface area (TPSA) is 32.8 Å². The Morgan fingerprint density at radius 1 is 1.38 bits per heavy atom. The van der Waals surface area contributed by atoms with Crippen molar-refractivity contribution in [1.82, 2.24) is 9.80 Å². The van der Waals surface area contributed by atoms with Gasteiger partial charge >= 0.3 is 0 Å². The Morgan fingerprint density at radius 2 is 2.17 bits per heavy atom. The van der Waals surface area contributed by atoms with E-state index in [4.69, 9.17) is 4.74 Å². The van der Waals surface area contributed by atoms with Crippen LogP contribution in [0.3, 0.4) is 0 Å². The molecule has 4 nitrogen and oxygen atoms in total. The van der Waals surface area contributed by atoms with Crippen molar-refractivity contribution in [3.8, 4) is 0 Å². The fraction of sp³-hybridized carbons (Fsp3) is 0.650. The average Bonchev–Trinajstić information content (AvgIpc) is 2.97. The molecular weight excluding hydrogens is 300 g/mol. The predicted octanol–water partition coefficient (Wildman–Crippen LogP) is 2.64. The minimum absolute atomic E-state index is 0.106. The van der Waals surface area contributed by atoms with E-state index in [1.54, 1.807) is 0 Å². The maximum absolute atomic E-state index is 12.6. The summed E-state index contributed by atoms with van der Waals surface area (Å²) in [5, 5.41) is 0. The molecule has 2 fully saturated rings. The molecule has 24 heavy (non-hydrogen) atoms. The molecule has 2 aliphatic heterocycles. The summed E-state index contributed by atoms with van der Waals surface area (Å²) in [7, 11) is 4.29. The van der Waals surface area contributed by atoms with Crippen LogP contribution < -0.4 is 0 Å². The molecule has 1 amide bonds. The van der Waals surface area contributed by atoms with Gasteiger partial charge in [-0.2, -0.15) is 0 Å². The lowest BCUT2D eigenvalue weighted by Crippen LogP contribution is -2.48. The van der Waals surface area contributed by atoms with E-state index in [0.29, 0.717) is 12.5 Å². The summed E-state index contributed by atoms with van der Waals surface area (Å²) in [5.41, 5.74) is 2.44. The van der Waals surface area contributed by atoms with E-state index in [1.165, 1.54) is 11.1 Å². The molecular formula is C20H30N2O2. The van der Waals surface area contributed by atoms with Crippen molar-refractivity contribution in [3.63, 3.8) is 0 Å². The van der Waals surface area contributed by atoms with Crippen molar-refractivity contribution in [3.05, 3.63) is 35.4 Å². The number of carbonyl (C=O) groups is 1. The minimum atomic E-state index is -0.106. The van der Waals surface area contributed by atoms with Crippen LogP contribution in [0.4, 0.5) is 0 Å². The maximum Gasteiger partial charge on any atom is 0.223 e. The van der Waals surface area contributed by atoms with Crippen molar-refractivity contribution in [2.75, 3.05) is 33.8 Å². The highest BCUT2D eigenvalue weighted by molar-refractivity contribution is 5.77. The molecule has 0 radical (unpaired) electrons. The molecule has 132 valence electrons. The Hall–Kier alpha value is -1.39. The van der Waals surface area contributed by atoms with Gasteiger partial charge in [-0.1, -0.05) is 24.3 Å². The third-order valence-corrected chi connectivity index (χ3v) is 5.74. The second-order valence-corrected chi connectivity index (χ2v) is 7.63. The highest BCUT2D eigenvalue weighted by Gasteiger charge is 2.44. The van der Waals surface area contributed by atoms with Crippen LogP contribution in [-0.2, 0) is 16.0 Å². The molecule has 2 saturated heterocycles. The molecule has 0 N–H and O–H groups in total. The second-order valence-electron chi connectivity index (χ2n) is 7.63. The van der Waals surface area contributed by atoms with E-state index in [9.17, 15) is 4.79 Å². The summed E-state index contributed by atoms with van der Waals surface area (Å²) in [4.78, 5) is 17.0. The number of rotatable bonds is 4. The van der Waals surface area contributed by atoms with E-state index >= 15 is 0 Å². The Morgan fingerprint density at radius 3 is 2.92 bits per heavy atom. The Balaban J connectivity index is 1.55. The molecule has 1 aromatic carbocycles. The number of likely N-dealkylation sites (tertiary alicyclic amines) is 1. The number of aryl methyl sites for hydroxylation is 2. The molecule has 0 aromatic heterocycles. The van der Waals surface area contributed by atoms with E-state index in [1.807, 2.05) is 11.0 Å². The summed E-state index contributed by atoms with van der Waals surface area (Å²) in [6.07, 6.45) is 4.54. The summed E-state index contributed by atoms with van der Waals surface area (Å²) in [5.74, 6) is 0.269. The summed E-state index contributed by atoms with van der Waals surface area (Å²) in [6, 6.07) is 8.91. The third-order valence-electron chi connectivity index (χ3n) is 5.74. The van der Waals surface area contributed by atoms with Gasteiger partial charge in [0.15, 0.2) is 0 Å². The summed E-state index contributed by atoms with van der Waals surface area (Å²) < 4.78 is 6.15. The average molecular weight is 330 g/mol. The fourth-order valence-corrected chi connectivity index (χ4v) is 4.07. The molecule has 4 heteroatoms. The summed E-state index contributed by atoms with van der Waals surface area (Å²) >= 11 is 0. The zero-order valence-corrected chi connectivity index (χ0v) is 15.3. The van der Waals surface area contributed by atoms with Crippen LogP contribution in [0.2, 0.25) is 0 Å². The lowest BCUT2D eigenvalue weighted by Gasteiger charge is -2.40. The molecule has 0 saturated carbocycles. The third kappa shape index (κ3) is 3.81. The predicted molar refractivity (Wildman–Crippen MR) is 96.1 cm³/mol. The van der Waals surface area contributed by atoms with Crippen molar-refractivity contribution >= 4 is 5.91 Å². The van der Waals surface area contributed by atoms with Gasteiger partial charge in [-0.15, -0.1) is 0 Å². The monoisotopic (exact) mass is 330 g/mol. The van der Waals surface area contributed by atoms with Crippen molar-refractivity contribution in [2.24, 2.45) is 0 Å². The van der Waals surface area contributed by atoms with Crippen LogP contribution in [0.1, 0.15) is 36.8 Å². The van der Waals surface area contributed by atoms with Crippen LogP contribution in [0.5, 0.6) is 0 Å². The van der Waals surface area contributed by atoms with Crippen molar-refractivity contribution < 1.29 is 9.53 Å². The number of benzene rings is 1. The maximum atomic E-state index is 12.6. The zero-order valence-electron chi connectivity index (χ0n) is 15.3. The Bertz CT molecular complexity index is 587. The molecule has 1 aromatic rings. The van der Waals surface area contributed by atoms with Gasteiger partial charge in [-0.25, -0.2) is 0 Å². The molecule has 2 atom stereocenters. The van der Waals surface area contributed by atoms with Crippen molar-refractivity contribution in [1.29, 1.82) is 0 Å². The molecule has 1 spiro atoms. The van der Waals surface area contributed by atoms with Gasteiger partial charge in [0, 0.05) is 32.2 Å². The number of hydrogen-bond donors (Lipinski definition) is 0. The normalized spacial score (nSPS) is 27.2. The van der Waals surface area contributed by atoms with Gasteiger partial charge in [0.05, 0.1) is 5.60 Å². The van der Waals surface area contributed by atoms with E-state index in [0.717, 1.165) is 45.4 Å². The molecule has 2 heterocycles. The molecule has 0 bridgehead atoms. The van der Waals surface area contributed by atoms with Crippen molar-refractivity contribution in [2.45, 2.75) is 50.7 Å². The first kappa shape index (κ1) is 17.4. The van der Waals surface area contributed by atoms with Crippen LogP contribution >= 0.6 is 0 Å². The quantitative estimate of drug-likeness (QED) is 0.851. The van der Waals surface area contributed by atoms with Crippen LogP contribution in [0.25, 0.3) is 0 Å². The first-order valence-electron chi connectivity index (χ1n) is 9.12. The summed E-state index contributed by atoms with van der Waals surface area (Å²) in [6.45, 7) is 4.53. The number of hydrogen-bond acceptors (Lipinski definition) is 3. The lowest BCUT2D eigenvalue weighted by atomic mass is 9.89. The highest BCUT2D eigenvalue weighted by Crippen LogP contribution is 2.35. The second kappa shape index (κ2) is 7.24. The van der Waals surface area contributed by atoms with Gasteiger partial charge in [0.1, 0.15) is 0 Å². The van der Waals surface area contributed by atoms with E-state index < -0.39 is 0 Å². The highest BCUT2D eigenvalue weighted by atomic mass is 16.5. The number of ether oxygens (including phenoxy) is 1. The molecule has 2 aliphatic rings. The molecule has 0 aliphatic carbocycles. The van der Waals surface area contributed by atoms with Crippen LogP contribution in [-0.4, -0.2) is 61.1 Å². The molecule has 0 unspecified atom stereocenters. The Labute approximate surface area is 145 Å². The smallest absolute Gasteiger partial charge is 0.223 e. The fourth-order valence-electron chi connectivity index (χ4n) is 4.07. The van der Waals surface area contributed by atoms with Crippen LogP contribution in [0, 0.1) is 6.92 Å². The lowest BCUT2D eigenvalue weighted by molar-refractivity contribution is -0.133. The number of nitrogens with zero attached hydrogens (tertiary/aromatic N) is 2. The first-order valence-corrected chi connectivity index (χ1v) is 9.12. The van der Waals surface area contributed by atoms with Gasteiger partial charge in [-0.3, -0.25) is 4.79 Å². The van der Waals surface area contributed by atoms with Gasteiger partial charge in [0.2, 0.25) is 5.91 Å². The van der Waals surface area contributed by atoms with Crippen LogP contribution in [0.15, 0.2) is 24.3 Å².